The van der Waals surface area contributed by atoms with E-state index in [9.17, 15) is 0 Å². The molecule has 2 aromatic rings. The van der Waals surface area contributed by atoms with Crippen LogP contribution in [-0.4, -0.2) is 23.0 Å². The molecule has 1 aromatic carbocycles. The average Bonchev–Trinajstić information content (AvgIpc) is 3.10. The van der Waals surface area contributed by atoms with Gasteiger partial charge in [0.25, 0.3) is 0 Å². The number of likely N-dealkylation sites (tertiary alicyclic amines) is 1. The zero-order valence-corrected chi connectivity index (χ0v) is 12.4. The Morgan fingerprint density at radius 3 is 2.74 bits per heavy atom. The van der Waals surface area contributed by atoms with E-state index in [0.717, 1.165) is 17.2 Å². The van der Waals surface area contributed by atoms with Gasteiger partial charge in [-0.05, 0) is 31.5 Å². The van der Waals surface area contributed by atoms with Crippen LogP contribution in [0.1, 0.15) is 24.1 Å². The van der Waals surface area contributed by atoms with E-state index in [4.69, 9.17) is 11.6 Å². The molecule has 2 nitrogen and oxygen atoms in total. The molecule has 0 atom stereocenters. The molecule has 19 heavy (non-hydrogen) atoms. The summed E-state index contributed by atoms with van der Waals surface area (Å²) in [6, 6.07) is 8.59. The maximum Gasteiger partial charge on any atom is 0.123 e. The van der Waals surface area contributed by atoms with Crippen LogP contribution in [-0.2, 0) is 12.4 Å². The molecule has 0 bridgehead atoms. The van der Waals surface area contributed by atoms with Crippen molar-refractivity contribution >= 4 is 22.9 Å². The predicted molar refractivity (Wildman–Crippen MR) is 81.6 cm³/mol. The summed E-state index contributed by atoms with van der Waals surface area (Å²) in [5, 5.41) is 3.14. The van der Waals surface area contributed by atoms with Crippen LogP contribution in [0.2, 0.25) is 0 Å². The van der Waals surface area contributed by atoms with Crippen molar-refractivity contribution in [1.82, 2.24) is 9.88 Å². The largest absolute Gasteiger partial charge is 0.299 e. The molecule has 2 heterocycles. The monoisotopic (exact) mass is 292 g/mol. The third-order valence-corrected chi connectivity index (χ3v) is 4.73. The maximum absolute atomic E-state index is 5.84. The highest BCUT2D eigenvalue weighted by Gasteiger charge is 2.15. The molecule has 0 spiro atoms. The van der Waals surface area contributed by atoms with Crippen LogP contribution in [0.3, 0.4) is 0 Å². The Kier molecular flexibility index (Phi) is 4.16. The molecule has 0 aliphatic carbocycles. The first-order chi connectivity index (χ1) is 9.36. The van der Waals surface area contributed by atoms with E-state index < -0.39 is 0 Å². The molecule has 0 amide bonds. The molecule has 0 radical (unpaired) electrons. The molecule has 1 saturated heterocycles. The number of nitrogens with zero attached hydrogens (tertiary/aromatic N) is 2. The third kappa shape index (κ3) is 2.99. The lowest BCUT2D eigenvalue weighted by Gasteiger charge is -2.16. The summed E-state index contributed by atoms with van der Waals surface area (Å²) in [6.45, 7) is 3.48. The van der Waals surface area contributed by atoms with Crippen molar-refractivity contribution in [3.63, 3.8) is 0 Å². The van der Waals surface area contributed by atoms with Crippen molar-refractivity contribution in [1.29, 1.82) is 0 Å². The molecule has 1 aliphatic heterocycles. The molecule has 0 unspecified atom stereocenters. The topological polar surface area (TPSA) is 16.1 Å². The SMILES string of the molecule is ClCc1csc(-c2ccccc2CN2CCCC2)n1. The molecule has 1 fully saturated rings. The van der Waals surface area contributed by atoms with E-state index in [1.165, 1.54) is 37.1 Å². The van der Waals surface area contributed by atoms with E-state index in [1.54, 1.807) is 11.3 Å². The first-order valence-corrected chi connectivity index (χ1v) is 8.09. The van der Waals surface area contributed by atoms with E-state index in [2.05, 4.69) is 39.5 Å². The molecule has 0 saturated carbocycles. The molecular formula is C15H17ClN2S. The van der Waals surface area contributed by atoms with Crippen LogP contribution < -0.4 is 0 Å². The highest BCUT2D eigenvalue weighted by Crippen LogP contribution is 2.29. The number of aromatic nitrogens is 1. The molecule has 4 heteroatoms. The van der Waals surface area contributed by atoms with Gasteiger partial charge in [-0.2, -0.15) is 0 Å². The van der Waals surface area contributed by atoms with Crippen molar-refractivity contribution in [2.75, 3.05) is 13.1 Å². The van der Waals surface area contributed by atoms with Crippen LogP contribution in [0, 0.1) is 0 Å². The van der Waals surface area contributed by atoms with Crippen LogP contribution in [0.15, 0.2) is 29.6 Å². The molecule has 1 aliphatic rings. The van der Waals surface area contributed by atoms with Gasteiger partial charge in [0.05, 0.1) is 11.6 Å². The maximum atomic E-state index is 5.84. The fraction of sp³-hybridized carbons (Fsp3) is 0.400. The molecule has 0 N–H and O–H groups in total. The van der Waals surface area contributed by atoms with Crippen molar-refractivity contribution in [2.45, 2.75) is 25.3 Å². The van der Waals surface area contributed by atoms with Crippen LogP contribution in [0.25, 0.3) is 10.6 Å². The Morgan fingerprint density at radius 2 is 2.00 bits per heavy atom. The number of alkyl halides is 1. The van der Waals surface area contributed by atoms with Crippen molar-refractivity contribution in [3.8, 4) is 10.6 Å². The van der Waals surface area contributed by atoms with E-state index >= 15 is 0 Å². The normalized spacial score (nSPS) is 16.1. The van der Waals surface area contributed by atoms with E-state index in [0.29, 0.717) is 5.88 Å². The Hall–Kier alpha value is -0.900. The second-order valence-electron chi connectivity index (χ2n) is 4.92. The van der Waals surface area contributed by atoms with Gasteiger partial charge < -0.3 is 0 Å². The minimum absolute atomic E-state index is 0.491. The minimum Gasteiger partial charge on any atom is -0.299 e. The quantitative estimate of drug-likeness (QED) is 0.787. The number of thiazole rings is 1. The van der Waals surface area contributed by atoms with Crippen molar-refractivity contribution in [2.24, 2.45) is 0 Å². The molecule has 100 valence electrons. The number of hydrogen-bond acceptors (Lipinski definition) is 3. The summed E-state index contributed by atoms with van der Waals surface area (Å²) in [4.78, 5) is 7.12. The lowest BCUT2D eigenvalue weighted by molar-refractivity contribution is 0.332. The Labute approximate surface area is 123 Å². The van der Waals surface area contributed by atoms with Gasteiger partial charge in [-0.25, -0.2) is 4.98 Å². The summed E-state index contributed by atoms with van der Waals surface area (Å²) in [7, 11) is 0. The fourth-order valence-corrected chi connectivity index (χ4v) is 3.65. The summed E-state index contributed by atoms with van der Waals surface area (Å²) < 4.78 is 0. The third-order valence-electron chi connectivity index (χ3n) is 3.53. The number of rotatable bonds is 4. The summed E-state index contributed by atoms with van der Waals surface area (Å²) in [6.07, 6.45) is 2.66. The first kappa shape index (κ1) is 13.1. The molecule has 3 rings (SSSR count). The van der Waals surface area contributed by atoms with Gasteiger partial charge in [-0.15, -0.1) is 22.9 Å². The van der Waals surface area contributed by atoms with Crippen LogP contribution in [0.5, 0.6) is 0 Å². The summed E-state index contributed by atoms with van der Waals surface area (Å²) >= 11 is 7.53. The smallest absolute Gasteiger partial charge is 0.123 e. The van der Waals surface area contributed by atoms with Gasteiger partial charge in [-0.1, -0.05) is 24.3 Å². The standard InChI is InChI=1S/C15H17ClN2S/c16-9-13-11-19-15(17-13)14-6-2-1-5-12(14)10-18-7-3-4-8-18/h1-2,5-6,11H,3-4,7-10H2. The Balaban J connectivity index is 1.87. The highest BCUT2D eigenvalue weighted by molar-refractivity contribution is 7.13. The van der Waals surface area contributed by atoms with E-state index in [-0.39, 0.29) is 0 Å². The van der Waals surface area contributed by atoms with Crippen LogP contribution >= 0.6 is 22.9 Å². The van der Waals surface area contributed by atoms with E-state index in [1.807, 2.05) is 0 Å². The highest BCUT2D eigenvalue weighted by atomic mass is 35.5. The van der Waals surface area contributed by atoms with Gasteiger partial charge in [0.2, 0.25) is 0 Å². The van der Waals surface area contributed by atoms with Crippen molar-refractivity contribution < 1.29 is 0 Å². The van der Waals surface area contributed by atoms with Gasteiger partial charge in [-0.3, -0.25) is 4.90 Å². The van der Waals surface area contributed by atoms with Gasteiger partial charge in [0, 0.05) is 17.5 Å². The zero-order valence-electron chi connectivity index (χ0n) is 10.8. The van der Waals surface area contributed by atoms with Gasteiger partial charge in [0.1, 0.15) is 5.01 Å². The summed E-state index contributed by atoms with van der Waals surface area (Å²) in [5.41, 5.74) is 3.60. The van der Waals surface area contributed by atoms with Gasteiger partial charge >= 0.3 is 0 Å². The number of benzene rings is 1. The lowest BCUT2D eigenvalue weighted by Crippen LogP contribution is -2.18. The van der Waals surface area contributed by atoms with Crippen molar-refractivity contribution in [3.05, 3.63) is 40.9 Å². The fourth-order valence-electron chi connectivity index (χ4n) is 2.54. The Bertz CT molecular complexity index is 547. The van der Waals surface area contributed by atoms with Gasteiger partial charge in [0.15, 0.2) is 0 Å². The molecular weight excluding hydrogens is 276 g/mol. The second kappa shape index (κ2) is 6.04. The Morgan fingerprint density at radius 1 is 1.21 bits per heavy atom. The predicted octanol–water partition coefficient (Wildman–Crippen LogP) is 4.14. The average molecular weight is 293 g/mol. The number of hydrogen-bond donors (Lipinski definition) is 0. The molecule has 1 aromatic heterocycles. The summed E-state index contributed by atoms with van der Waals surface area (Å²) in [5.74, 6) is 0.491. The minimum atomic E-state index is 0.491. The zero-order chi connectivity index (χ0) is 13.1. The van der Waals surface area contributed by atoms with Crippen LogP contribution in [0.4, 0.5) is 0 Å². The lowest BCUT2D eigenvalue weighted by atomic mass is 10.1. The second-order valence-corrected chi connectivity index (χ2v) is 6.04. The number of halogens is 1. The first-order valence-electron chi connectivity index (χ1n) is 6.68.